The number of hydrogen-bond donors (Lipinski definition) is 0. The van der Waals surface area contributed by atoms with Crippen LogP contribution < -0.4 is 4.74 Å². The van der Waals surface area contributed by atoms with Crippen LogP contribution in [0.4, 0.5) is 5.69 Å². The van der Waals surface area contributed by atoms with Crippen LogP contribution in [0, 0.1) is 10.1 Å². The Morgan fingerprint density at radius 1 is 1.56 bits per heavy atom. The SMILES string of the molecule is COc1cccc([N+](=O)[O-])c1C=CCCBr. The molecule has 0 spiro atoms. The van der Waals surface area contributed by atoms with Crippen LogP contribution in [0.2, 0.25) is 0 Å². The molecule has 1 rings (SSSR count). The van der Waals surface area contributed by atoms with Gasteiger partial charge >= 0.3 is 0 Å². The van der Waals surface area contributed by atoms with E-state index in [1.54, 1.807) is 18.2 Å². The van der Waals surface area contributed by atoms with Crippen molar-refractivity contribution in [2.75, 3.05) is 12.4 Å². The minimum Gasteiger partial charge on any atom is -0.496 e. The van der Waals surface area contributed by atoms with Crippen LogP contribution in [0.3, 0.4) is 0 Å². The maximum atomic E-state index is 10.8. The molecule has 0 bridgehead atoms. The fourth-order valence-electron chi connectivity index (χ4n) is 1.30. The zero-order chi connectivity index (χ0) is 12.0. The predicted molar refractivity (Wildman–Crippen MR) is 67.1 cm³/mol. The second-order valence-corrected chi connectivity index (χ2v) is 3.82. The molecule has 1 aromatic rings. The van der Waals surface area contributed by atoms with Gasteiger partial charge in [-0.3, -0.25) is 10.1 Å². The standard InChI is InChI=1S/C11H12BrNO3/c1-16-11-7-4-6-10(13(14)15)9(11)5-2-3-8-12/h2,4-7H,3,8H2,1H3. The molecule has 0 aromatic heterocycles. The molecule has 0 aliphatic heterocycles. The molecular formula is C11H12BrNO3. The molecule has 0 saturated carbocycles. The van der Waals surface area contributed by atoms with Gasteiger partial charge in [0.25, 0.3) is 5.69 Å². The fourth-order valence-corrected chi connectivity index (χ4v) is 1.57. The molecule has 5 heteroatoms. The molecule has 0 amide bonds. The molecule has 0 unspecified atom stereocenters. The van der Waals surface area contributed by atoms with Crippen molar-refractivity contribution in [1.29, 1.82) is 0 Å². The molecule has 4 nitrogen and oxygen atoms in total. The van der Waals surface area contributed by atoms with E-state index in [9.17, 15) is 10.1 Å². The number of hydrogen-bond acceptors (Lipinski definition) is 3. The van der Waals surface area contributed by atoms with Gasteiger partial charge < -0.3 is 4.74 Å². The summed E-state index contributed by atoms with van der Waals surface area (Å²) in [6.45, 7) is 0. The minimum absolute atomic E-state index is 0.0603. The van der Waals surface area contributed by atoms with Gasteiger partial charge in [-0.15, -0.1) is 0 Å². The van der Waals surface area contributed by atoms with Crippen molar-refractivity contribution >= 4 is 27.7 Å². The average molecular weight is 286 g/mol. The van der Waals surface area contributed by atoms with E-state index in [1.165, 1.54) is 13.2 Å². The number of methoxy groups -OCH3 is 1. The van der Waals surface area contributed by atoms with Crippen LogP contribution in [-0.2, 0) is 0 Å². The Labute approximate surface area is 102 Å². The predicted octanol–water partition coefficient (Wildman–Crippen LogP) is 3.40. The Hall–Kier alpha value is -1.36. The third kappa shape index (κ3) is 3.06. The monoisotopic (exact) mass is 285 g/mol. The molecule has 0 N–H and O–H groups in total. The van der Waals surface area contributed by atoms with Gasteiger partial charge in [0, 0.05) is 11.4 Å². The third-order valence-electron chi connectivity index (χ3n) is 2.02. The lowest BCUT2D eigenvalue weighted by molar-refractivity contribution is -0.385. The lowest BCUT2D eigenvalue weighted by Gasteiger charge is -2.04. The Morgan fingerprint density at radius 2 is 2.31 bits per heavy atom. The molecule has 0 heterocycles. The van der Waals surface area contributed by atoms with Gasteiger partial charge in [0.2, 0.25) is 0 Å². The zero-order valence-corrected chi connectivity index (χ0v) is 10.4. The molecule has 0 fully saturated rings. The van der Waals surface area contributed by atoms with Crippen molar-refractivity contribution in [2.24, 2.45) is 0 Å². The highest BCUT2D eigenvalue weighted by Gasteiger charge is 2.15. The number of alkyl halides is 1. The summed E-state index contributed by atoms with van der Waals surface area (Å²) in [6, 6.07) is 4.79. The Morgan fingerprint density at radius 3 is 2.88 bits per heavy atom. The number of nitro groups is 1. The van der Waals surface area contributed by atoms with E-state index in [1.807, 2.05) is 6.08 Å². The molecule has 1 aromatic carbocycles. The van der Waals surface area contributed by atoms with E-state index in [0.717, 1.165) is 11.8 Å². The number of halogens is 1. The lowest BCUT2D eigenvalue weighted by Crippen LogP contribution is -1.94. The third-order valence-corrected chi connectivity index (χ3v) is 2.48. The van der Waals surface area contributed by atoms with Gasteiger partial charge in [-0.05, 0) is 18.6 Å². The normalized spacial score (nSPS) is 10.6. The topological polar surface area (TPSA) is 52.4 Å². The molecular weight excluding hydrogens is 274 g/mol. The van der Waals surface area contributed by atoms with Crippen LogP contribution >= 0.6 is 15.9 Å². The van der Waals surface area contributed by atoms with Crippen molar-refractivity contribution in [1.82, 2.24) is 0 Å². The van der Waals surface area contributed by atoms with Crippen LogP contribution in [-0.4, -0.2) is 17.4 Å². The summed E-state index contributed by atoms with van der Waals surface area (Å²) >= 11 is 3.29. The van der Waals surface area contributed by atoms with Gasteiger partial charge in [-0.25, -0.2) is 0 Å². The molecule has 0 atom stereocenters. The van der Waals surface area contributed by atoms with E-state index < -0.39 is 4.92 Å². The summed E-state index contributed by atoms with van der Waals surface area (Å²) in [5.74, 6) is 0.514. The highest BCUT2D eigenvalue weighted by Crippen LogP contribution is 2.29. The number of ether oxygens (including phenoxy) is 1. The number of rotatable bonds is 5. The summed E-state index contributed by atoms with van der Waals surface area (Å²) in [5, 5.41) is 11.7. The average Bonchev–Trinajstić information content (AvgIpc) is 2.29. The number of benzene rings is 1. The van der Waals surface area contributed by atoms with Gasteiger partial charge in [0.05, 0.1) is 17.6 Å². The first-order valence-corrected chi connectivity index (χ1v) is 5.86. The summed E-state index contributed by atoms with van der Waals surface area (Å²) < 4.78 is 5.10. The summed E-state index contributed by atoms with van der Waals surface area (Å²) in [4.78, 5) is 10.4. The zero-order valence-electron chi connectivity index (χ0n) is 8.85. The molecule has 0 saturated heterocycles. The van der Waals surface area contributed by atoms with E-state index in [4.69, 9.17) is 4.74 Å². The Kier molecular flexibility index (Phi) is 4.98. The van der Waals surface area contributed by atoms with Gasteiger partial charge in [-0.2, -0.15) is 0 Å². The van der Waals surface area contributed by atoms with Crippen molar-refractivity contribution < 1.29 is 9.66 Å². The quantitative estimate of drug-likeness (QED) is 0.473. The second kappa shape index (κ2) is 6.27. The maximum absolute atomic E-state index is 10.8. The smallest absolute Gasteiger partial charge is 0.280 e. The van der Waals surface area contributed by atoms with E-state index in [2.05, 4.69) is 15.9 Å². The highest BCUT2D eigenvalue weighted by molar-refractivity contribution is 9.09. The molecule has 86 valence electrons. The first kappa shape index (κ1) is 12.7. The molecule has 16 heavy (non-hydrogen) atoms. The summed E-state index contributed by atoms with van der Waals surface area (Å²) in [7, 11) is 1.50. The van der Waals surface area contributed by atoms with Crippen LogP contribution in [0.5, 0.6) is 5.75 Å². The molecule has 0 radical (unpaired) electrons. The number of nitro benzene ring substituents is 1. The molecule has 0 aliphatic rings. The minimum atomic E-state index is -0.406. The van der Waals surface area contributed by atoms with E-state index in [-0.39, 0.29) is 5.69 Å². The van der Waals surface area contributed by atoms with Crippen LogP contribution in [0.15, 0.2) is 24.3 Å². The lowest BCUT2D eigenvalue weighted by atomic mass is 10.1. The largest absolute Gasteiger partial charge is 0.496 e. The summed E-state index contributed by atoms with van der Waals surface area (Å²) in [5.41, 5.74) is 0.570. The van der Waals surface area contributed by atoms with Gasteiger partial charge in [0.1, 0.15) is 5.75 Å². The Balaban J connectivity index is 3.14. The van der Waals surface area contributed by atoms with Crippen molar-refractivity contribution in [3.8, 4) is 5.75 Å². The first-order valence-electron chi connectivity index (χ1n) is 4.74. The van der Waals surface area contributed by atoms with Gasteiger partial charge in [-0.1, -0.05) is 28.1 Å². The summed E-state index contributed by atoms with van der Waals surface area (Å²) in [6.07, 6.45) is 4.41. The van der Waals surface area contributed by atoms with Crippen LogP contribution in [0.25, 0.3) is 6.08 Å². The van der Waals surface area contributed by atoms with Crippen molar-refractivity contribution in [2.45, 2.75) is 6.42 Å². The second-order valence-electron chi connectivity index (χ2n) is 3.03. The van der Waals surface area contributed by atoms with Crippen LogP contribution in [0.1, 0.15) is 12.0 Å². The first-order chi connectivity index (χ1) is 7.70. The maximum Gasteiger partial charge on any atom is 0.280 e. The van der Waals surface area contributed by atoms with E-state index in [0.29, 0.717) is 11.3 Å². The van der Waals surface area contributed by atoms with E-state index >= 15 is 0 Å². The fraction of sp³-hybridized carbons (Fsp3) is 0.273. The van der Waals surface area contributed by atoms with Gasteiger partial charge in [0.15, 0.2) is 0 Å². The highest BCUT2D eigenvalue weighted by atomic mass is 79.9. The Bertz CT molecular complexity index is 404. The van der Waals surface area contributed by atoms with Crippen molar-refractivity contribution in [3.63, 3.8) is 0 Å². The molecule has 0 aliphatic carbocycles. The number of nitrogens with zero attached hydrogens (tertiary/aromatic N) is 1. The number of allylic oxidation sites excluding steroid dienone is 1. The van der Waals surface area contributed by atoms with Crippen molar-refractivity contribution in [3.05, 3.63) is 40.0 Å².